The topological polar surface area (TPSA) is 61.9 Å². The molecule has 1 aliphatic carbocycles. The molecular formula is C19H21N3O3S. The molecule has 3 amide bonds. The molecule has 0 unspecified atom stereocenters. The van der Waals surface area contributed by atoms with Crippen molar-refractivity contribution in [1.82, 2.24) is 4.90 Å². The highest BCUT2D eigenvalue weighted by molar-refractivity contribution is 7.11. The molecule has 1 saturated carbocycles. The van der Waals surface area contributed by atoms with E-state index in [1.54, 1.807) is 16.2 Å². The Bertz CT molecular complexity index is 831. The van der Waals surface area contributed by atoms with Crippen molar-refractivity contribution in [3.63, 3.8) is 0 Å². The highest BCUT2D eigenvalue weighted by atomic mass is 32.1. The number of carbonyl (C=O) groups is 2. The Balaban J connectivity index is 1.52. The summed E-state index contributed by atoms with van der Waals surface area (Å²) >= 11 is 1.72. The number of rotatable bonds is 5. The molecule has 136 valence electrons. The number of amides is 3. The maximum Gasteiger partial charge on any atom is 0.414 e. The van der Waals surface area contributed by atoms with Crippen molar-refractivity contribution >= 4 is 34.8 Å². The number of benzene rings is 1. The number of thiophene rings is 1. The van der Waals surface area contributed by atoms with Crippen LogP contribution in [0.15, 0.2) is 36.4 Å². The van der Waals surface area contributed by atoms with Crippen molar-refractivity contribution in [2.24, 2.45) is 0 Å². The molecule has 2 heterocycles. The van der Waals surface area contributed by atoms with Gasteiger partial charge in [-0.2, -0.15) is 0 Å². The van der Waals surface area contributed by atoms with Gasteiger partial charge in [0.15, 0.2) is 0 Å². The normalized spacial score (nSPS) is 16.5. The van der Waals surface area contributed by atoms with Gasteiger partial charge in [0.05, 0.1) is 24.5 Å². The summed E-state index contributed by atoms with van der Waals surface area (Å²) in [5.74, 6) is 0. The van der Waals surface area contributed by atoms with E-state index in [4.69, 9.17) is 4.74 Å². The van der Waals surface area contributed by atoms with E-state index < -0.39 is 0 Å². The Hall–Kier alpha value is -2.54. The third-order valence-electron chi connectivity index (χ3n) is 4.57. The van der Waals surface area contributed by atoms with Gasteiger partial charge in [-0.3, -0.25) is 4.90 Å². The molecule has 7 heteroatoms. The lowest BCUT2D eigenvalue weighted by Gasteiger charge is -2.24. The zero-order valence-corrected chi connectivity index (χ0v) is 15.4. The summed E-state index contributed by atoms with van der Waals surface area (Å²) in [7, 11) is 0. The molecule has 0 atom stereocenters. The number of hydrogen-bond donors (Lipinski definition) is 1. The van der Waals surface area contributed by atoms with Crippen LogP contribution in [0.25, 0.3) is 0 Å². The van der Waals surface area contributed by atoms with Crippen LogP contribution in [0.2, 0.25) is 0 Å². The second-order valence-electron chi connectivity index (χ2n) is 6.58. The molecule has 2 fully saturated rings. The maximum atomic E-state index is 12.9. The summed E-state index contributed by atoms with van der Waals surface area (Å²) in [6, 6.07) is 11.7. The SMILES string of the molecule is Cc1ccc(CN(C(=O)Nc2ccccc2N2CCOC2=O)C2CC2)s1. The third kappa shape index (κ3) is 3.53. The number of aryl methyl sites for hydroxylation is 1. The number of nitrogens with zero attached hydrogens (tertiary/aromatic N) is 2. The predicted molar refractivity (Wildman–Crippen MR) is 102 cm³/mol. The monoisotopic (exact) mass is 371 g/mol. The average Bonchev–Trinajstić information content (AvgIpc) is 3.25. The highest BCUT2D eigenvalue weighted by Crippen LogP contribution is 2.32. The van der Waals surface area contributed by atoms with E-state index >= 15 is 0 Å². The van der Waals surface area contributed by atoms with Gasteiger partial charge in [0.25, 0.3) is 0 Å². The number of anilines is 2. The Morgan fingerprint density at radius 1 is 1.31 bits per heavy atom. The molecular weight excluding hydrogens is 350 g/mol. The van der Waals surface area contributed by atoms with E-state index in [1.165, 1.54) is 9.75 Å². The van der Waals surface area contributed by atoms with Gasteiger partial charge in [-0.15, -0.1) is 11.3 Å². The van der Waals surface area contributed by atoms with Gasteiger partial charge in [0.2, 0.25) is 0 Å². The summed E-state index contributed by atoms with van der Waals surface area (Å²) in [5.41, 5.74) is 1.30. The summed E-state index contributed by atoms with van der Waals surface area (Å²) in [5, 5.41) is 3.00. The number of nitrogens with one attached hydrogen (secondary N) is 1. The number of cyclic esters (lactones) is 1. The predicted octanol–water partition coefficient (Wildman–Crippen LogP) is 4.21. The minimum Gasteiger partial charge on any atom is -0.447 e. The highest BCUT2D eigenvalue weighted by Gasteiger charge is 2.34. The van der Waals surface area contributed by atoms with Crippen LogP contribution in [-0.4, -0.2) is 36.2 Å². The van der Waals surface area contributed by atoms with E-state index in [2.05, 4.69) is 24.4 Å². The van der Waals surface area contributed by atoms with Crippen molar-refractivity contribution in [2.45, 2.75) is 32.4 Å². The van der Waals surface area contributed by atoms with Crippen LogP contribution in [0.4, 0.5) is 21.0 Å². The summed E-state index contributed by atoms with van der Waals surface area (Å²) in [4.78, 5) is 30.7. The first-order chi connectivity index (χ1) is 12.6. The third-order valence-corrected chi connectivity index (χ3v) is 5.55. The molecule has 0 radical (unpaired) electrons. The van der Waals surface area contributed by atoms with Crippen LogP contribution in [0.5, 0.6) is 0 Å². The molecule has 1 aliphatic heterocycles. The maximum absolute atomic E-state index is 12.9. The number of urea groups is 1. The van der Waals surface area contributed by atoms with E-state index in [-0.39, 0.29) is 12.1 Å². The minimum absolute atomic E-state index is 0.126. The smallest absolute Gasteiger partial charge is 0.414 e. The van der Waals surface area contributed by atoms with Crippen LogP contribution >= 0.6 is 11.3 Å². The zero-order valence-electron chi connectivity index (χ0n) is 14.6. The fraction of sp³-hybridized carbons (Fsp3) is 0.368. The van der Waals surface area contributed by atoms with Crippen LogP contribution in [0.1, 0.15) is 22.6 Å². The second-order valence-corrected chi connectivity index (χ2v) is 7.96. The molecule has 6 nitrogen and oxygen atoms in total. The van der Waals surface area contributed by atoms with Gasteiger partial charge in [0.1, 0.15) is 6.61 Å². The van der Waals surface area contributed by atoms with Gasteiger partial charge in [-0.1, -0.05) is 12.1 Å². The summed E-state index contributed by atoms with van der Waals surface area (Å²) < 4.78 is 5.02. The molecule has 1 aromatic carbocycles. The number of ether oxygens (including phenoxy) is 1. The van der Waals surface area contributed by atoms with Crippen LogP contribution in [0.3, 0.4) is 0 Å². The van der Waals surface area contributed by atoms with Crippen molar-refractivity contribution < 1.29 is 14.3 Å². The van der Waals surface area contributed by atoms with Crippen molar-refractivity contribution in [2.75, 3.05) is 23.4 Å². The average molecular weight is 371 g/mol. The first-order valence-electron chi connectivity index (χ1n) is 8.78. The Morgan fingerprint density at radius 3 is 2.77 bits per heavy atom. The molecule has 0 bridgehead atoms. The molecule has 1 N–H and O–H groups in total. The fourth-order valence-electron chi connectivity index (χ4n) is 3.10. The van der Waals surface area contributed by atoms with Gasteiger partial charge in [0, 0.05) is 15.8 Å². The van der Waals surface area contributed by atoms with Gasteiger partial charge >= 0.3 is 12.1 Å². The van der Waals surface area contributed by atoms with Crippen molar-refractivity contribution in [1.29, 1.82) is 0 Å². The largest absolute Gasteiger partial charge is 0.447 e. The Kier molecular flexibility index (Phi) is 4.55. The van der Waals surface area contributed by atoms with E-state index in [0.29, 0.717) is 37.1 Å². The Morgan fingerprint density at radius 2 is 2.12 bits per heavy atom. The van der Waals surface area contributed by atoms with Crippen molar-refractivity contribution in [3.05, 3.63) is 46.2 Å². The molecule has 2 aliphatic rings. The summed E-state index contributed by atoms with van der Waals surface area (Å²) in [6.07, 6.45) is 1.70. The van der Waals surface area contributed by atoms with E-state index in [9.17, 15) is 9.59 Å². The van der Waals surface area contributed by atoms with E-state index in [0.717, 1.165) is 12.8 Å². The fourth-order valence-corrected chi connectivity index (χ4v) is 3.99. The first-order valence-corrected chi connectivity index (χ1v) is 9.60. The lowest BCUT2D eigenvalue weighted by atomic mass is 10.2. The molecule has 2 aromatic rings. The van der Waals surface area contributed by atoms with E-state index in [1.807, 2.05) is 29.2 Å². The molecule has 26 heavy (non-hydrogen) atoms. The first kappa shape index (κ1) is 16.9. The van der Waals surface area contributed by atoms with Crippen LogP contribution in [0, 0.1) is 6.92 Å². The molecule has 0 spiro atoms. The number of carbonyl (C=O) groups excluding carboxylic acids is 2. The van der Waals surface area contributed by atoms with Crippen LogP contribution < -0.4 is 10.2 Å². The molecule has 1 aromatic heterocycles. The molecule has 1 saturated heterocycles. The summed E-state index contributed by atoms with van der Waals surface area (Å²) in [6.45, 7) is 3.55. The minimum atomic E-state index is -0.375. The standard InChI is InChI=1S/C19H21N3O3S/c1-13-6-9-15(26-13)12-22(14-7-8-14)18(23)20-16-4-2-3-5-17(16)21-10-11-25-19(21)24/h2-6,9,14H,7-8,10-12H2,1H3,(H,20,23). The van der Waals surface area contributed by atoms with Crippen molar-refractivity contribution in [3.8, 4) is 0 Å². The number of para-hydroxylation sites is 2. The second kappa shape index (κ2) is 6.99. The lowest BCUT2D eigenvalue weighted by molar-refractivity contribution is 0.181. The quantitative estimate of drug-likeness (QED) is 0.856. The van der Waals surface area contributed by atoms with Crippen LogP contribution in [-0.2, 0) is 11.3 Å². The van der Waals surface area contributed by atoms with Gasteiger partial charge in [-0.05, 0) is 44.0 Å². The van der Waals surface area contributed by atoms with Gasteiger partial charge < -0.3 is 15.0 Å². The van der Waals surface area contributed by atoms with Gasteiger partial charge in [-0.25, -0.2) is 9.59 Å². The lowest BCUT2D eigenvalue weighted by Crippen LogP contribution is -2.36. The molecule has 4 rings (SSSR count). The number of hydrogen-bond acceptors (Lipinski definition) is 4. The zero-order chi connectivity index (χ0) is 18.1. The Labute approximate surface area is 156 Å².